The summed E-state index contributed by atoms with van der Waals surface area (Å²) >= 11 is 1.90. The molecule has 1 atom stereocenters. The van der Waals surface area contributed by atoms with E-state index in [1.165, 1.54) is 47.5 Å². The molecule has 120 valence electrons. The Kier molecular flexibility index (Phi) is 7.17. The van der Waals surface area contributed by atoms with Gasteiger partial charge < -0.3 is 15.0 Å². The lowest BCUT2D eigenvalue weighted by Gasteiger charge is -2.32. The van der Waals surface area contributed by atoms with Crippen molar-refractivity contribution in [1.82, 2.24) is 10.2 Å². The summed E-state index contributed by atoms with van der Waals surface area (Å²) < 4.78 is 5.99. The summed E-state index contributed by atoms with van der Waals surface area (Å²) in [6.45, 7) is 9.35. The van der Waals surface area contributed by atoms with Gasteiger partial charge in [-0.25, -0.2) is 0 Å². The van der Waals surface area contributed by atoms with Crippen molar-refractivity contribution in [1.29, 1.82) is 0 Å². The summed E-state index contributed by atoms with van der Waals surface area (Å²) in [5.41, 5.74) is 1.37. The maximum absolute atomic E-state index is 5.99. The highest BCUT2D eigenvalue weighted by molar-refractivity contribution is 7.12. The van der Waals surface area contributed by atoms with E-state index in [4.69, 9.17) is 4.74 Å². The van der Waals surface area contributed by atoms with Crippen molar-refractivity contribution in [2.24, 2.45) is 0 Å². The average molecular weight is 311 g/mol. The predicted octanol–water partition coefficient (Wildman–Crippen LogP) is 3.56. The fraction of sp³-hybridized carbons (Fsp3) is 0.765. The molecule has 0 amide bonds. The molecule has 1 unspecified atom stereocenters. The van der Waals surface area contributed by atoms with Gasteiger partial charge in [0, 0.05) is 22.3 Å². The van der Waals surface area contributed by atoms with Gasteiger partial charge in [-0.15, -0.1) is 11.3 Å². The van der Waals surface area contributed by atoms with E-state index < -0.39 is 0 Å². The third-order valence-corrected chi connectivity index (χ3v) is 5.38. The first-order valence-electron chi connectivity index (χ1n) is 8.27. The molecule has 0 saturated carbocycles. The van der Waals surface area contributed by atoms with E-state index >= 15 is 0 Å². The highest BCUT2D eigenvalue weighted by Crippen LogP contribution is 2.23. The van der Waals surface area contributed by atoms with Crippen molar-refractivity contribution in [2.45, 2.75) is 58.7 Å². The topological polar surface area (TPSA) is 24.5 Å². The minimum absolute atomic E-state index is 0.614. The van der Waals surface area contributed by atoms with Gasteiger partial charge in [0.05, 0.1) is 13.2 Å². The van der Waals surface area contributed by atoms with Gasteiger partial charge in [-0.1, -0.05) is 13.3 Å². The molecule has 0 bridgehead atoms. The number of nitrogens with zero attached hydrogens (tertiary/aromatic N) is 1. The second-order valence-electron chi connectivity index (χ2n) is 6.12. The quantitative estimate of drug-likeness (QED) is 0.743. The van der Waals surface area contributed by atoms with Crippen LogP contribution in [0.4, 0.5) is 0 Å². The maximum atomic E-state index is 5.99. The Bertz CT molecular complexity index is 419. The smallest absolute Gasteiger partial charge is 0.0728 e. The molecule has 21 heavy (non-hydrogen) atoms. The van der Waals surface area contributed by atoms with E-state index in [0.717, 1.165) is 26.3 Å². The molecule has 1 fully saturated rings. The summed E-state index contributed by atoms with van der Waals surface area (Å²) in [6, 6.07) is 2.93. The number of rotatable bonds is 8. The van der Waals surface area contributed by atoms with E-state index in [1.807, 2.05) is 11.3 Å². The van der Waals surface area contributed by atoms with E-state index in [1.54, 1.807) is 0 Å². The number of piperidine rings is 1. The predicted molar refractivity (Wildman–Crippen MR) is 91.0 cm³/mol. The van der Waals surface area contributed by atoms with Crippen LogP contribution in [0.3, 0.4) is 0 Å². The molecule has 1 aromatic heterocycles. The molecule has 4 heteroatoms. The van der Waals surface area contributed by atoms with E-state index in [2.05, 4.69) is 37.2 Å². The zero-order valence-electron chi connectivity index (χ0n) is 13.8. The van der Waals surface area contributed by atoms with Crippen molar-refractivity contribution < 1.29 is 4.74 Å². The molecular formula is C17H30N2OS. The molecule has 0 aliphatic carbocycles. The Hall–Kier alpha value is -0.420. The molecular weight excluding hydrogens is 280 g/mol. The number of hydrogen-bond acceptors (Lipinski definition) is 4. The first-order valence-corrected chi connectivity index (χ1v) is 9.09. The number of hydrogen-bond donors (Lipinski definition) is 1. The second-order valence-corrected chi connectivity index (χ2v) is 7.46. The summed E-state index contributed by atoms with van der Waals surface area (Å²) in [7, 11) is 2.22. The van der Waals surface area contributed by atoms with Crippen molar-refractivity contribution in [3.8, 4) is 0 Å². The number of likely N-dealkylation sites (tertiary alicyclic amines) is 1. The zero-order valence-corrected chi connectivity index (χ0v) is 14.6. The monoisotopic (exact) mass is 310 g/mol. The van der Waals surface area contributed by atoms with Crippen LogP contribution in [0.25, 0.3) is 0 Å². The lowest BCUT2D eigenvalue weighted by molar-refractivity contribution is 0.0443. The summed E-state index contributed by atoms with van der Waals surface area (Å²) in [5, 5.41) is 3.47. The van der Waals surface area contributed by atoms with E-state index in [9.17, 15) is 0 Å². The van der Waals surface area contributed by atoms with Crippen LogP contribution in [0.5, 0.6) is 0 Å². The minimum atomic E-state index is 0.614. The SMILES string of the molecule is CCCNCc1cc(COCC2CCCCN2C)c(C)s1. The van der Waals surface area contributed by atoms with Crippen molar-refractivity contribution in [3.63, 3.8) is 0 Å². The van der Waals surface area contributed by atoms with Crippen LogP contribution in [0.1, 0.15) is 47.9 Å². The standard InChI is InChI=1S/C17H30N2OS/c1-4-8-18-11-17-10-15(14(2)21-17)12-20-13-16-7-5-6-9-19(16)3/h10,16,18H,4-9,11-13H2,1-3H3. The van der Waals surface area contributed by atoms with Crippen LogP contribution >= 0.6 is 11.3 Å². The molecule has 1 aliphatic heterocycles. The molecule has 2 rings (SSSR count). The van der Waals surface area contributed by atoms with E-state index in [0.29, 0.717) is 6.04 Å². The van der Waals surface area contributed by atoms with Crippen LogP contribution in [-0.4, -0.2) is 37.7 Å². The fourth-order valence-corrected chi connectivity index (χ4v) is 3.88. The second kappa shape index (κ2) is 8.89. The average Bonchev–Trinajstić information content (AvgIpc) is 2.82. The number of likely N-dealkylation sites (N-methyl/N-ethyl adjacent to an activating group) is 1. The van der Waals surface area contributed by atoms with E-state index in [-0.39, 0.29) is 0 Å². The molecule has 1 N–H and O–H groups in total. The normalized spacial score (nSPS) is 20.0. The number of nitrogens with one attached hydrogen (secondary N) is 1. The molecule has 1 aliphatic rings. The first kappa shape index (κ1) is 16.9. The van der Waals surface area contributed by atoms with Crippen molar-refractivity contribution >= 4 is 11.3 Å². The highest BCUT2D eigenvalue weighted by atomic mass is 32.1. The van der Waals surface area contributed by atoms with Gasteiger partial charge >= 0.3 is 0 Å². The molecule has 1 aromatic rings. The number of aryl methyl sites for hydroxylation is 1. The first-order chi connectivity index (χ1) is 10.2. The van der Waals surface area contributed by atoms with Crippen LogP contribution in [0.2, 0.25) is 0 Å². The Morgan fingerprint density at radius 1 is 1.43 bits per heavy atom. The Morgan fingerprint density at radius 2 is 2.29 bits per heavy atom. The van der Waals surface area contributed by atoms with Gasteiger partial charge in [0.15, 0.2) is 0 Å². The largest absolute Gasteiger partial charge is 0.375 e. The summed E-state index contributed by atoms with van der Waals surface area (Å²) in [6.07, 6.45) is 5.16. The molecule has 0 aromatic carbocycles. The lowest BCUT2D eigenvalue weighted by atomic mass is 10.0. The van der Waals surface area contributed by atoms with Crippen molar-refractivity contribution in [3.05, 3.63) is 21.4 Å². The molecule has 2 heterocycles. The third-order valence-electron chi connectivity index (χ3n) is 4.29. The van der Waals surface area contributed by atoms with Gasteiger partial charge in [0.1, 0.15) is 0 Å². The van der Waals surface area contributed by atoms with Gasteiger partial charge in [-0.2, -0.15) is 0 Å². The highest BCUT2D eigenvalue weighted by Gasteiger charge is 2.18. The molecule has 0 spiro atoms. The van der Waals surface area contributed by atoms with Crippen LogP contribution < -0.4 is 5.32 Å². The number of ether oxygens (including phenoxy) is 1. The Labute approximate surface area is 133 Å². The van der Waals surface area contributed by atoms with Gasteiger partial charge in [0.25, 0.3) is 0 Å². The molecule has 0 radical (unpaired) electrons. The molecule has 3 nitrogen and oxygen atoms in total. The summed E-state index contributed by atoms with van der Waals surface area (Å²) in [4.78, 5) is 5.28. The fourth-order valence-electron chi connectivity index (χ4n) is 2.87. The van der Waals surface area contributed by atoms with Crippen LogP contribution in [-0.2, 0) is 17.9 Å². The number of thiophene rings is 1. The zero-order chi connectivity index (χ0) is 15.1. The lowest BCUT2D eigenvalue weighted by Crippen LogP contribution is -2.39. The third kappa shape index (κ3) is 5.37. The maximum Gasteiger partial charge on any atom is 0.0728 e. The summed E-state index contributed by atoms with van der Waals surface area (Å²) in [5.74, 6) is 0. The van der Waals surface area contributed by atoms with Crippen LogP contribution in [0, 0.1) is 6.92 Å². The Morgan fingerprint density at radius 3 is 3.05 bits per heavy atom. The van der Waals surface area contributed by atoms with Crippen LogP contribution in [0.15, 0.2) is 6.07 Å². The minimum Gasteiger partial charge on any atom is -0.375 e. The van der Waals surface area contributed by atoms with Gasteiger partial charge in [-0.3, -0.25) is 0 Å². The van der Waals surface area contributed by atoms with Crippen molar-refractivity contribution in [2.75, 3.05) is 26.7 Å². The molecule has 1 saturated heterocycles. The van der Waals surface area contributed by atoms with Gasteiger partial charge in [-0.05, 0) is 58.0 Å². The Balaban J connectivity index is 1.74. The van der Waals surface area contributed by atoms with Gasteiger partial charge in [0.2, 0.25) is 0 Å².